The summed E-state index contributed by atoms with van der Waals surface area (Å²) in [6, 6.07) is 21.0. The fourth-order valence-electron chi connectivity index (χ4n) is 2.11. The molecule has 0 heterocycles. The van der Waals surface area contributed by atoms with E-state index < -0.39 is 0 Å². The van der Waals surface area contributed by atoms with Gasteiger partial charge in [0.2, 0.25) is 0 Å². The van der Waals surface area contributed by atoms with Crippen LogP contribution in [0.4, 0.5) is 5.69 Å². The molecular weight excluding hydrogens is 232 g/mol. The second-order valence-corrected chi connectivity index (χ2v) is 4.65. The van der Waals surface area contributed by atoms with Crippen LogP contribution in [0, 0.1) is 18.3 Å². The van der Waals surface area contributed by atoms with Crippen LogP contribution in [0.1, 0.15) is 17.5 Å². The molecule has 0 aliphatic rings. The predicted octanol–water partition coefficient (Wildman–Crippen LogP) is 3.92. The number of hydrogen-bond donors (Lipinski definition) is 0. The molecule has 0 fully saturated rings. The van der Waals surface area contributed by atoms with E-state index >= 15 is 0 Å². The molecule has 0 aliphatic heterocycles. The van der Waals surface area contributed by atoms with Crippen molar-refractivity contribution in [3.63, 3.8) is 0 Å². The molecule has 0 radical (unpaired) electrons. The van der Waals surface area contributed by atoms with Crippen molar-refractivity contribution in [2.24, 2.45) is 0 Å². The second kappa shape index (κ2) is 6.61. The molecule has 0 aromatic heterocycles. The van der Waals surface area contributed by atoms with E-state index in [0.717, 1.165) is 13.1 Å². The Labute approximate surface area is 114 Å². The first kappa shape index (κ1) is 13.2. The molecule has 0 saturated carbocycles. The summed E-state index contributed by atoms with van der Waals surface area (Å²) in [5.41, 5.74) is 3.69. The molecule has 2 nitrogen and oxygen atoms in total. The lowest BCUT2D eigenvalue weighted by Gasteiger charge is -2.24. The Hall–Kier alpha value is -2.27. The number of anilines is 1. The molecule has 0 atom stereocenters. The average molecular weight is 250 g/mol. The standard InChI is InChI=1S/C17H18N2/c1-15-7-5-10-17(13-15)19(12-6-11-18)14-16-8-3-2-4-9-16/h2-5,7-10,13H,6,12,14H2,1H3. The summed E-state index contributed by atoms with van der Waals surface area (Å²) in [6.45, 7) is 3.69. The number of nitriles is 1. The summed E-state index contributed by atoms with van der Waals surface area (Å²) in [4.78, 5) is 2.26. The van der Waals surface area contributed by atoms with Crippen molar-refractivity contribution in [2.45, 2.75) is 19.9 Å². The van der Waals surface area contributed by atoms with Crippen molar-refractivity contribution in [3.05, 3.63) is 65.7 Å². The minimum atomic E-state index is 0.542. The highest BCUT2D eigenvalue weighted by Crippen LogP contribution is 2.18. The van der Waals surface area contributed by atoms with Crippen LogP contribution < -0.4 is 4.90 Å². The van der Waals surface area contributed by atoms with E-state index in [1.54, 1.807) is 0 Å². The average Bonchev–Trinajstić information content (AvgIpc) is 2.44. The monoisotopic (exact) mass is 250 g/mol. The van der Waals surface area contributed by atoms with Gasteiger partial charge in [0.15, 0.2) is 0 Å². The first-order valence-electron chi connectivity index (χ1n) is 6.52. The number of aryl methyl sites for hydroxylation is 1. The highest BCUT2D eigenvalue weighted by Gasteiger charge is 2.07. The van der Waals surface area contributed by atoms with Gasteiger partial charge in [-0.15, -0.1) is 0 Å². The van der Waals surface area contributed by atoms with Crippen LogP contribution in [-0.2, 0) is 6.54 Å². The molecule has 2 aromatic rings. The fraction of sp³-hybridized carbons (Fsp3) is 0.235. The highest BCUT2D eigenvalue weighted by atomic mass is 15.1. The lowest BCUT2D eigenvalue weighted by molar-refractivity contribution is 0.797. The highest BCUT2D eigenvalue weighted by molar-refractivity contribution is 5.49. The van der Waals surface area contributed by atoms with Gasteiger partial charge in [-0.2, -0.15) is 5.26 Å². The van der Waals surface area contributed by atoms with Crippen molar-refractivity contribution < 1.29 is 0 Å². The molecule has 0 aliphatic carbocycles. The van der Waals surface area contributed by atoms with Crippen LogP contribution in [0.25, 0.3) is 0 Å². The first-order valence-corrected chi connectivity index (χ1v) is 6.52. The zero-order valence-corrected chi connectivity index (χ0v) is 11.2. The van der Waals surface area contributed by atoms with Gasteiger partial charge >= 0.3 is 0 Å². The Balaban J connectivity index is 2.19. The van der Waals surface area contributed by atoms with E-state index in [1.807, 2.05) is 18.2 Å². The lowest BCUT2D eigenvalue weighted by Crippen LogP contribution is -2.23. The molecule has 0 amide bonds. The number of rotatable bonds is 5. The van der Waals surface area contributed by atoms with Gasteiger partial charge in [0.05, 0.1) is 12.5 Å². The lowest BCUT2D eigenvalue weighted by atomic mass is 10.1. The Morgan fingerprint density at radius 1 is 1.05 bits per heavy atom. The Bertz CT molecular complexity index is 555. The summed E-state index contributed by atoms with van der Waals surface area (Å²) in [6.07, 6.45) is 0.542. The molecule has 2 heteroatoms. The molecule has 0 bridgehead atoms. The van der Waals surface area contributed by atoms with Crippen LogP contribution in [0.5, 0.6) is 0 Å². The smallest absolute Gasteiger partial charge is 0.0640 e. The van der Waals surface area contributed by atoms with E-state index in [1.165, 1.54) is 16.8 Å². The minimum absolute atomic E-state index is 0.542. The third-order valence-corrected chi connectivity index (χ3v) is 3.08. The number of nitrogens with zero attached hydrogens (tertiary/aromatic N) is 2. The number of hydrogen-bond acceptors (Lipinski definition) is 2. The van der Waals surface area contributed by atoms with Crippen molar-refractivity contribution in [2.75, 3.05) is 11.4 Å². The van der Waals surface area contributed by atoms with E-state index in [4.69, 9.17) is 5.26 Å². The van der Waals surface area contributed by atoms with Crippen LogP contribution in [-0.4, -0.2) is 6.54 Å². The van der Waals surface area contributed by atoms with Gasteiger partial charge in [-0.25, -0.2) is 0 Å². The maximum absolute atomic E-state index is 8.81. The van der Waals surface area contributed by atoms with E-state index in [-0.39, 0.29) is 0 Å². The first-order chi connectivity index (χ1) is 9.29. The van der Waals surface area contributed by atoms with E-state index in [2.05, 4.69) is 54.3 Å². The van der Waals surface area contributed by atoms with Crippen molar-refractivity contribution in [1.29, 1.82) is 5.26 Å². The number of benzene rings is 2. The maximum Gasteiger partial charge on any atom is 0.0640 e. The summed E-state index contributed by atoms with van der Waals surface area (Å²) in [5.74, 6) is 0. The Morgan fingerprint density at radius 2 is 1.84 bits per heavy atom. The van der Waals surface area contributed by atoms with Crippen LogP contribution in [0.3, 0.4) is 0 Å². The SMILES string of the molecule is Cc1cccc(N(CCC#N)Cc2ccccc2)c1. The van der Waals surface area contributed by atoms with Gasteiger partial charge in [0.25, 0.3) is 0 Å². The van der Waals surface area contributed by atoms with Gasteiger partial charge in [-0.3, -0.25) is 0 Å². The molecule has 0 unspecified atom stereocenters. The fourth-order valence-corrected chi connectivity index (χ4v) is 2.11. The molecule has 0 N–H and O–H groups in total. The van der Waals surface area contributed by atoms with Gasteiger partial charge in [0.1, 0.15) is 0 Å². The van der Waals surface area contributed by atoms with E-state index in [9.17, 15) is 0 Å². The Kier molecular flexibility index (Phi) is 4.58. The van der Waals surface area contributed by atoms with Gasteiger partial charge in [0, 0.05) is 18.8 Å². The molecule has 96 valence electrons. The summed E-state index contributed by atoms with van der Waals surface area (Å²) in [5, 5.41) is 8.81. The maximum atomic E-state index is 8.81. The predicted molar refractivity (Wildman–Crippen MR) is 78.9 cm³/mol. The molecule has 2 aromatic carbocycles. The molecule has 0 saturated heterocycles. The van der Waals surface area contributed by atoms with Gasteiger partial charge < -0.3 is 4.90 Å². The van der Waals surface area contributed by atoms with Gasteiger partial charge in [-0.05, 0) is 30.2 Å². The largest absolute Gasteiger partial charge is 0.366 e. The third-order valence-electron chi connectivity index (χ3n) is 3.08. The van der Waals surface area contributed by atoms with Crippen LogP contribution in [0.15, 0.2) is 54.6 Å². The Morgan fingerprint density at radius 3 is 2.53 bits per heavy atom. The zero-order chi connectivity index (χ0) is 13.5. The van der Waals surface area contributed by atoms with Crippen molar-refractivity contribution in [1.82, 2.24) is 0 Å². The summed E-state index contributed by atoms with van der Waals surface area (Å²) < 4.78 is 0. The van der Waals surface area contributed by atoms with Crippen molar-refractivity contribution in [3.8, 4) is 6.07 Å². The topological polar surface area (TPSA) is 27.0 Å². The van der Waals surface area contributed by atoms with E-state index in [0.29, 0.717) is 6.42 Å². The van der Waals surface area contributed by atoms with Crippen LogP contribution >= 0.6 is 0 Å². The quantitative estimate of drug-likeness (QED) is 0.804. The molecule has 2 rings (SSSR count). The molecular formula is C17H18N2. The zero-order valence-electron chi connectivity index (χ0n) is 11.2. The van der Waals surface area contributed by atoms with Crippen LogP contribution in [0.2, 0.25) is 0 Å². The third kappa shape index (κ3) is 3.86. The summed E-state index contributed by atoms with van der Waals surface area (Å²) >= 11 is 0. The normalized spacial score (nSPS) is 9.89. The van der Waals surface area contributed by atoms with Gasteiger partial charge in [-0.1, -0.05) is 42.5 Å². The second-order valence-electron chi connectivity index (χ2n) is 4.65. The minimum Gasteiger partial charge on any atom is -0.366 e. The molecule has 19 heavy (non-hydrogen) atoms. The molecule has 0 spiro atoms. The van der Waals surface area contributed by atoms with Crippen molar-refractivity contribution >= 4 is 5.69 Å². The summed E-state index contributed by atoms with van der Waals surface area (Å²) in [7, 11) is 0.